The van der Waals surface area contributed by atoms with Crippen LogP contribution in [-0.4, -0.2) is 33.9 Å². The van der Waals surface area contributed by atoms with Gasteiger partial charge in [-0.25, -0.2) is 0 Å². The third kappa shape index (κ3) is 4.14. The number of rotatable bonds is 8. The Morgan fingerprint density at radius 3 is 2.03 bits per heavy atom. The molecule has 5 heteroatoms. The second-order valence-corrected chi connectivity index (χ2v) is 6.42. The van der Waals surface area contributed by atoms with Gasteiger partial charge >= 0.3 is 0 Å². The van der Waals surface area contributed by atoms with Crippen LogP contribution in [0.2, 0.25) is 0 Å². The molecule has 0 amide bonds. The quantitative estimate of drug-likeness (QED) is 0.526. The van der Waals surface area contributed by atoms with E-state index in [4.69, 9.17) is 14.2 Å². The summed E-state index contributed by atoms with van der Waals surface area (Å²) in [5.41, 5.74) is 4.42. The molecule has 0 aliphatic rings. The average molecular weight is 390 g/mol. The van der Waals surface area contributed by atoms with Crippen molar-refractivity contribution in [3.8, 4) is 28.4 Å². The summed E-state index contributed by atoms with van der Waals surface area (Å²) in [6.07, 6.45) is 2.06. The Morgan fingerprint density at radius 2 is 1.45 bits per heavy atom. The molecule has 148 valence electrons. The van der Waals surface area contributed by atoms with Crippen molar-refractivity contribution >= 4 is 12.6 Å². The molecule has 29 heavy (non-hydrogen) atoms. The topological polar surface area (TPSA) is 61.8 Å². The highest BCUT2D eigenvalue weighted by molar-refractivity contribution is 5.90. The third-order valence-electron chi connectivity index (χ3n) is 4.84. The van der Waals surface area contributed by atoms with E-state index in [1.807, 2.05) is 24.3 Å². The first kappa shape index (κ1) is 20.1. The summed E-state index contributed by atoms with van der Waals surface area (Å²) in [4.78, 5) is 23.1. The molecular weight excluding hydrogens is 368 g/mol. The highest BCUT2D eigenvalue weighted by atomic mass is 16.5. The van der Waals surface area contributed by atoms with Crippen molar-refractivity contribution in [2.24, 2.45) is 0 Å². The minimum atomic E-state index is 0.428. The monoisotopic (exact) mass is 390 g/mol. The van der Waals surface area contributed by atoms with Crippen molar-refractivity contribution in [3.05, 3.63) is 76.9 Å². The number of hydrogen-bond donors (Lipinski definition) is 0. The molecule has 0 heterocycles. The lowest BCUT2D eigenvalue weighted by Crippen LogP contribution is -2.03. The Morgan fingerprint density at radius 1 is 0.759 bits per heavy atom. The first-order chi connectivity index (χ1) is 14.1. The number of aldehydes is 2. The van der Waals surface area contributed by atoms with Crippen LogP contribution in [0.15, 0.2) is 54.6 Å². The molecule has 3 aromatic carbocycles. The zero-order chi connectivity index (χ0) is 20.8. The summed E-state index contributed by atoms with van der Waals surface area (Å²) in [5, 5.41) is 0. The van der Waals surface area contributed by atoms with Gasteiger partial charge in [-0.2, -0.15) is 0 Å². The molecule has 0 unspecified atom stereocenters. The van der Waals surface area contributed by atoms with Gasteiger partial charge in [-0.05, 0) is 59.2 Å². The first-order valence-electron chi connectivity index (χ1n) is 9.06. The van der Waals surface area contributed by atoms with Crippen molar-refractivity contribution in [1.82, 2.24) is 0 Å². The minimum absolute atomic E-state index is 0.428. The second kappa shape index (κ2) is 9.06. The van der Waals surface area contributed by atoms with E-state index in [0.717, 1.165) is 40.6 Å². The van der Waals surface area contributed by atoms with Gasteiger partial charge in [0, 0.05) is 23.1 Å². The summed E-state index contributed by atoms with van der Waals surface area (Å²) >= 11 is 0. The Hall–Kier alpha value is -3.60. The number of hydrogen-bond acceptors (Lipinski definition) is 5. The van der Waals surface area contributed by atoms with Gasteiger partial charge in [-0.3, -0.25) is 9.59 Å². The van der Waals surface area contributed by atoms with Crippen LogP contribution < -0.4 is 14.2 Å². The lowest BCUT2D eigenvalue weighted by atomic mass is 9.90. The van der Waals surface area contributed by atoms with Gasteiger partial charge in [0.2, 0.25) is 0 Å². The Labute approximate surface area is 169 Å². The smallest absolute Gasteiger partial charge is 0.150 e. The van der Waals surface area contributed by atoms with E-state index in [1.165, 1.54) is 0 Å². The first-order valence-corrected chi connectivity index (χ1v) is 9.06. The fraction of sp³-hybridized carbons (Fsp3) is 0.167. The number of ether oxygens (including phenoxy) is 3. The zero-order valence-corrected chi connectivity index (χ0v) is 16.6. The van der Waals surface area contributed by atoms with Crippen LogP contribution in [0.25, 0.3) is 11.1 Å². The van der Waals surface area contributed by atoms with Crippen molar-refractivity contribution in [2.75, 3.05) is 21.3 Å². The third-order valence-corrected chi connectivity index (χ3v) is 4.84. The van der Waals surface area contributed by atoms with Gasteiger partial charge in [-0.1, -0.05) is 12.1 Å². The van der Waals surface area contributed by atoms with Crippen LogP contribution >= 0.6 is 0 Å². The molecule has 0 radical (unpaired) electrons. The van der Waals surface area contributed by atoms with Crippen LogP contribution in [0, 0.1) is 0 Å². The molecule has 0 aliphatic carbocycles. The molecule has 0 saturated carbocycles. The molecule has 0 saturated heterocycles. The Balaban J connectivity index is 2.21. The van der Waals surface area contributed by atoms with E-state index in [1.54, 1.807) is 51.7 Å². The molecule has 0 atom stereocenters. The predicted octanol–water partition coefficient (Wildman–Crippen LogP) is 4.60. The van der Waals surface area contributed by atoms with E-state index in [9.17, 15) is 9.59 Å². The van der Waals surface area contributed by atoms with Gasteiger partial charge in [-0.15, -0.1) is 0 Å². The number of methoxy groups -OCH3 is 3. The molecule has 0 fully saturated rings. The van der Waals surface area contributed by atoms with Crippen LogP contribution in [-0.2, 0) is 6.42 Å². The highest BCUT2D eigenvalue weighted by Gasteiger charge is 2.18. The summed E-state index contributed by atoms with van der Waals surface area (Å²) in [6.45, 7) is 0. The summed E-state index contributed by atoms with van der Waals surface area (Å²) in [7, 11) is 4.79. The minimum Gasteiger partial charge on any atom is -0.497 e. The van der Waals surface area contributed by atoms with E-state index < -0.39 is 0 Å². The lowest BCUT2D eigenvalue weighted by molar-refractivity contribution is 0.111. The maximum absolute atomic E-state index is 11.8. The molecule has 0 aliphatic heterocycles. The van der Waals surface area contributed by atoms with E-state index in [-0.39, 0.29) is 0 Å². The highest BCUT2D eigenvalue weighted by Crippen LogP contribution is 2.37. The molecule has 5 nitrogen and oxygen atoms in total. The number of benzene rings is 3. The van der Waals surface area contributed by atoms with Gasteiger partial charge in [0.1, 0.15) is 23.5 Å². The number of carbonyl (C=O) groups excluding carboxylic acids is 2. The molecule has 0 bridgehead atoms. The van der Waals surface area contributed by atoms with E-state index in [0.29, 0.717) is 29.0 Å². The van der Waals surface area contributed by atoms with Crippen LogP contribution in [0.4, 0.5) is 0 Å². The van der Waals surface area contributed by atoms with Crippen molar-refractivity contribution in [2.45, 2.75) is 6.42 Å². The fourth-order valence-corrected chi connectivity index (χ4v) is 3.41. The lowest BCUT2D eigenvalue weighted by Gasteiger charge is -2.18. The number of carbonyl (C=O) groups is 2. The van der Waals surface area contributed by atoms with Gasteiger partial charge in [0.05, 0.1) is 21.3 Å². The van der Waals surface area contributed by atoms with Crippen molar-refractivity contribution < 1.29 is 23.8 Å². The standard InChI is InChI=1S/C24H22O5/c1-27-20-8-5-17(6-9-20)24-18(15-26)7-11-23(29-3)21(24)13-19-12-16(14-25)4-10-22(19)28-2/h4-12,14-15H,13H2,1-3H3. The summed E-state index contributed by atoms with van der Waals surface area (Å²) < 4.78 is 16.3. The Kier molecular flexibility index (Phi) is 6.29. The molecular formula is C24H22O5. The van der Waals surface area contributed by atoms with Crippen LogP contribution in [0.3, 0.4) is 0 Å². The van der Waals surface area contributed by atoms with E-state index >= 15 is 0 Å². The van der Waals surface area contributed by atoms with Crippen LogP contribution in [0.1, 0.15) is 31.8 Å². The molecule has 0 aromatic heterocycles. The predicted molar refractivity (Wildman–Crippen MR) is 112 cm³/mol. The van der Waals surface area contributed by atoms with Gasteiger partial charge in [0.25, 0.3) is 0 Å². The molecule has 3 aromatic rings. The zero-order valence-electron chi connectivity index (χ0n) is 16.6. The maximum Gasteiger partial charge on any atom is 0.150 e. The van der Waals surface area contributed by atoms with Gasteiger partial charge < -0.3 is 14.2 Å². The fourth-order valence-electron chi connectivity index (χ4n) is 3.41. The maximum atomic E-state index is 11.8. The average Bonchev–Trinajstić information content (AvgIpc) is 2.78. The second-order valence-electron chi connectivity index (χ2n) is 6.42. The van der Waals surface area contributed by atoms with E-state index in [2.05, 4.69) is 0 Å². The summed E-state index contributed by atoms with van der Waals surface area (Å²) in [5.74, 6) is 2.04. The molecule has 0 spiro atoms. The molecule has 3 rings (SSSR count). The summed E-state index contributed by atoms with van der Waals surface area (Å²) in [6, 6.07) is 16.3. The Bertz CT molecular complexity index is 1020. The largest absolute Gasteiger partial charge is 0.497 e. The SMILES string of the molecule is COc1ccc(-c2c(C=O)ccc(OC)c2Cc2cc(C=O)ccc2OC)cc1. The van der Waals surface area contributed by atoms with Gasteiger partial charge in [0.15, 0.2) is 6.29 Å². The normalized spacial score (nSPS) is 10.3. The van der Waals surface area contributed by atoms with Crippen LogP contribution in [0.5, 0.6) is 17.2 Å². The van der Waals surface area contributed by atoms with Crippen molar-refractivity contribution in [1.29, 1.82) is 0 Å². The van der Waals surface area contributed by atoms with Crippen molar-refractivity contribution in [3.63, 3.8) is 0 Å². The molecule has 0 N–H and O–H groups in total.